The van der Waals surface area contributed by atoms with Crippen molar-refractivity contribution in [2.75, 3.05) is 24.7 Å². The maximum absolute atomic E-state index is 12.1. The van der Waals surface area contributed by atoms with E-state index in [1.54, 1.807) is 29.2 Å². The summed E-state index contributed by atoms with van der Waals surface area (Å²) in [6.45, 7) is 8.95. The van der Waals surface area contributed by atoms with Crippen LogP contribution in [0.1, 0.15) is 40.5 Å². The van der Waals surface area contributed by atoms with Crippen LogP contribution in [0.2, 0.25) is 0 Å². The third-order valence-corrected chi connectivity index (χ3v) is 5.38. The Labute approximate surface area is 150 Å². The van der Waals surface area contributed by atoms with Crippen LogP contribution in [0.3, 0.4) is 0 Å². The molecule has 1 fully saturated rings. The summed E-state index contributed by atoms with van der Waals surface area (Å²) in [5.41, 5.74) is 0.239. The largest absolute Gasteiger partial charge is 0.444 e. The van der Waals surface area contributed by atoms with E-state index in [-0.39, 0.29) is 11.6 Å². The number of ether oxygens (including phenoxy) is 1. The molecule has 25 heavy (non-hydrogen) atoms. The lowest BCUT2D eigenvalue weighted by Crippen LogP contribution is -2.50. The summed E-state index contributed by atoms with van der Waals surface area (Å²) in [5, 5.41) is 3.47. The van der Waals surface area contributed by atoms with Gasteiger partial charge in [-0.05, 0) is 64.8 Å². The van der Waals surface area contributed by atoms with Crippen molar-refractivity contribution in [1.82, 2.24) is 4.90 Å². The van der Waals surface area contributed by atoms with Gasteiger partial charge in [0.05, 0.1) is 4.90 Å². The van der Waals surface area contributed by atoms with Gasteiger partial charge in [0.2, 0.25) is 0 Å². The van der Waals surface area contributed by atoms with E-state index in [0.717, 1.165) is 18.5 Å². The molecule has 7 heteroatoms. The molecule has 1 heterocycles. The Balaban J connectivity index is 1.95. The molecule has 1 aliphatic heterocycles. The van der Waals surface area contributed by atoms with Crippen molar-refractivity contribution < 1.29 is 17.9 Å². The zero-order chi connectivity index (χ0) is 18.9. The smallest absolute Gasteiger partial charge is 0.410 e. The molecule has 1 amide bonds. The van der Waals surface area contributed by atoms with E-state index >= 15 is 0 Å². The van der Waals surface area contributed by atoms with Gasteiger partial charge in [-0.15, -0.1) is 0 Å². The van der Waals surface area contributed by atoms with Gasteiger partial charge in [0.15, 0.2) is 9.84 Å². The second-order valence-electron chi connectivity index (χ2n) is 7.95. The lowest BCUT2D eigenvalue weighted by molar-refractivity contribution is 0.0184. The van der Waals surface area contributed by atoms with Crippen LogP contribution in [0, 0.1) is 0 Å². The second-order valence-corrected chi connectivity index (χ2v) is 9.97. The molecule has 0 aliphatic carbocycles. The number of sulfone groups is 1. The van der Waals surface area contributed by atoms with Gasteiger partial charge in [-0.25, -0.2) is 13.2 Å². The summed E-state index contributed by atoms with van der Waals surface area (Å²) >= 11 is 0. The molecule has 1 aromatic carbocycles. The summed E-state index contributed by atoms with van der Waals surface area (Å²) < 4.78 is 28.5. The molecule has 140 valence electrons. The first-order valence-electron chi connectivity index (χ1n) is 8.44. The third kappa shape index (κ3) is 5.63. The number of nitrogens with zero attached hydrogens (tertiary/aromatic N) is 1. The Bertz CT molecular complexity index is 712. The van der Waals surface area contributed by atoms with Crippen LogP contribution < -0.4 is 5.32 Å². The minimum atomic E-state index is -3.19. The summed E-state index contributed by atoms with van der Waals surface area (Å²) in [4.78, 5) is 14.2. The van der Waals surface area contributed by atoms with Crippen molar-refractivity contribution in [2.45, 2.75) is 56.6 Å². The van der Waals surface area contributed by atoms with E-state index in [2.05, 4.69) is 12.2 Å². The van der Waals surface area contributed by atoms with E-state index in [9.17, 15) is 13.2 Å². The fourth-order valence-corrected chi connectivity index (χ4v) is 3.40. The highest BCUT2D eigenvalue weighted by atomic mass is 32.2. The topological polar surface area (TPSA) is 75.7 Å². The van der Waals surface area contributed by atoms with Gasteiger partial charge in [-0.1, -0.05) is 0 Å². The monoisotopic (exact) mass is 368 g/mol. The highest BCUT2D eigenvalue weighted by Crippen LogP contribution is 2.28. The molecule has 1 saturated heterocycles. The summed E-state index contributed by atoms with van der Waals surface area (Å²) in [5.74, 6) is 0. The van der Waals surface area contributed by atoms with Crippen LogP contribution in [-0.4, -0.2) is 49.9 Å². The minimum absolute atomic E-state index is 0.148. The van der Waals surface area contributed by atoms with Crippen molar-refractivity contribution >= 4 is 21.6 Å². The van der Waals surface area contributed by atoms with Gasteiger partial charge in [0.1, 0.15) is 5.60 Å². The van der Waals surface area contributed by atoms with Gasteiger partial charge in [0, 0.05) is 30.6 Å². The van der Waals surface area contributed by atoms with Crippen LogP contribution in [-0.2, 0) is 14.6 Å². The molecule has 1 aliphatic rings. The molecule has 0 saturated carbocycles. The summed E-state index contributed by atoms with van der Waals surface area (Å²) in [7, 11) is -3.19. The minimum Gasteiger partial charge on any atom is -0.444 e. The average Bonchev–Trinajstić information content (AvgIpc) is 2.45. The highest BCUT2D eigenvalue weighted by molar-refractivity contribution is 7.90. The number of likely N-dealkylation sites (tertiary alicyclic amines) is 1. The highest BCUT2D eigenvalue weighted by Gasteiger charge is 2.33. The van der Waals surface area contributed by atoms with Gasteiger partial charge in [0.25, 0.3) is 0 Å². The predicted molar refractivity (Wildman–Crippen MR) is 98.6 cm³/mol. The van der Waals surface area contributed by atoms with Gasteiger partial charge in [-0.3, -0.25) is 0 Å². The second kappa shape index (κ2) is 6.86. The van der Waals surface area contributed by atoms with Crippen LogP contribution >= 0.6 is 0 Å². The lowest BCUT2D eigenvalue weighted by atomic mass is 9.89. The fourth-order valence-electron chi connectivity index (χ4n) is 2.77. The number of piperidine rings is 1. The molecular weight excluding hydrogens is 340 g/mol. The van der Waals surface area contributed by atoms with Crippen LogP contribution in [0.4, 0.5) is 10.5 Å². The van der Waals surface area contributed by atoms with Crippen molar-refractivity contribution in [3.63, 3.8) is 0 Å². The van der Waals surface area contributed by atoms with Crippen molar-refractivity contribution in [1.29, 1.82) is 0 Å². The van der Waals surface area contributed by atoms with Crippen LogP contribution in [0.15, 0.2) is 29.2 Å². The molecule has 0 radical (unpaired) electrons. The zero-order valence-corrected chi connectivity index (χ0v) is 16.4. The number of benzene rings is 1. The van der Waals surface area contributed by atoms with E-state index in [1.165, 1.54) is 6.26 Å². The molecular formula is C18H28N2O4S. The molecule has 6 nitrogen and oxygen atoms in total. The Morgan fingerprint density at radius 2 is 1.68 bits per heavy atom. The number of carbonyl (C=O) groups excluding carboxylic acids is 1. The Kier molecular flexibility index (Phi) is 5.37. The molecule has 0 aromatic heterocycles. The Hall–Kier alpha value is -1.76. The quantitative estimate of drug-likeness (QED) is 0.886. The van der Waals surface area contributed by atoms with E-state index < -0.39 is 15.4 Å². The molecule has 1 N–H and O–H groups in total. The van der Waals surface area contributed by atoms with Gasteiger partial charge < -0.3 is 15.0 Å². The lowest BCUT2D eigenvalue weighted by Gasteiger charge is -2.40. The van der Waals surface area contributed by atoms with Crippen molar-refractivity contribution in [2.24, 2.45) is 0 Å². The number of carbonyl (C=O) groups is 1. The summed E-state index contributed by atoms with van der Waals surface area (Å²) in [6, 6.07) is 6.78. The first kappa shape index (κ1) is 19.6. The molecule has 0 atom stereocenters. The van der Waals surface area contributed by atoms with Crippen LogP contribution in [0.25, 0.3) is 0 Å². The molecule has 0 bridgehead atoms. The fraction of sp³-hybridized carbons (Fsp3) is 0.611. The standard InChI is InChI=1S/C18H28N2O4S/c1-17(2,3)24-16(21)20-12-10-18(4,11-13-20)19-14-6-8-15(9-7-14)25(5,22)23/h6-9,19H,10-13H2,1-5H3. The van der Waals surface area contributed by atoms with Crippen LogP contribution in [0.5, 0.6) is 0 Å². The Morgan fingerprint density at radius 3 is 2.12 bits per heavy atom. The SMILES string of the molecule is CC1(Nc2ccc(S(C)(=O)=O)cc2)CCN(C(=O)OC(C)(C)C)CC1. The van der Waals surface area contributed by atoms with E-state index in [4.69, 9.17) is 4.74 Å². The summed E-state index contributed by atoms with van der Waals surface area (Å²) in [6.07, 6.45) is 2.51. The third-order valence-electron chi connectivity index (χ3n) is 4.25. The first-order chi connectivity index (χ1) is 11.4. The van der Waals surface area contributed by atoms with Crippen molar-refractivity contribution in [3.05, 3.63) is 24.3 Å². The number of nitrogens with one attached hydrogen (secondary N) is 1. The van der Waals surface area contributed by atoms with Gasteiger partial charge in [-0.2, -0.15) is 0 Å². The van der Waals surface area contributed by atoms with E-state index in [1.807, 2.05) is 20.8 Å². The normalized spacial score (nSPS) is 17.9. The maximum Gasteiger partial charge on any atom is 0.410 e. The van der Waals surface area contributed by atoms with Crippen molar-refractivity contribution in [3.8, 4) is 0 Å². The Morgan fingerprint density at radius 1 is 1.16 bits per heavy atom. The number of anilines is 1. The molecule has 0 spiro atoms. The molecule has 0 unspecified atom stereocenters. The molecule has 2 rings (SSSR count). The molecule has 1 aromatic rings. The number of hydrogen-bond donors (Lipinski definition) is 1. The predicted octanol–water partition coefficient (Wildman–Crippen LogP) is 3.29. The number of rotatable bonds is 3. The zero-order valence-electron chi connectivity index (χ0n) is 15.6. The maximum atomic E-state index is 12.1. The van der Waals surface area contributed by atoms with E-state index in [0.29, 0.717) is 18.0 Å². The van der Waals surface area contributed by atoms with Gasteiger partial charge >= 0.3 is 6.09 Å². The number of amides is 1. The number of hydrogen-bond acceptors (Lipinski definition) is 5. The first-order valence-corrected chi connectivity index (χ1v) is 10.3. The average molecular weight is 368 g/mol.